The Labute approximate surface area is 105 Å². The molecule has 1 nitrogen and oxygen atoms in total. The summed E-state index contributed by atoms with van der Waals surface area (Å²) in [5.41, 5.74) is 0.789. The van der Waals surface area contributed by atoms with Gasteiger partial charge in [0.15, 0.2) is 5.78 Å². The first kappa shape index (κ1) is 11.1. The van der Waals surface area contributed by atoms with Gasteiger partial charge in [0.1, 0.15) is 0 Å². The zero-order valence-electron chi connectivity index (χ0n) is 7.80. The molecule has 0 saturated carbocycles. The highest BCUT2D eigenvalue weighted by atomic mass is 79.9. The van der Waals surface area contributed by atoms with Gasteiger partial charge >= 0.3 is 0 Å². The summed E-state index contributed by atoms with van der Waals surface area (Å²) < 4.78 is 2.16. The van der Waals surface area contributed by atoms with E-state index in [1.165, 1.54) is 0 Å². The molecule has 0 N–H and O–H groups in total. The molecule has 0 atom stereocenters. The summed E-state index contributed by atoms with van der Waals surface area (Å²) in [4.78, 5) is 11.7. The van der Waals surface area contributed by atoms with Gasteiger partial charge in [0.05, 0.1) is 0 Å². The summed E-state index contributed by atoms with van der Waals surface area (Å²) in [5.74, 6) is 0.499. The predicted octanol–water partition coefficient (Wildman–Crippen LogP) is 4.48. The molecule has 4 heteroatoms. The number of fused-ring (bicyclic) bond motifs is 1. The number of hydrogen-bond acceptors (Lipinski definition) is 2. The maximum atomic E-state index is 11.7. The monoisotopic (exact) mass is 302 g/mol. The molecule has 15 heavy (non-hydrogen) atoms. The molecule has 1 aromatic heterocycles. The number of benzene rings is 1. The second-order valence-electron chi connectivity index (χ2n) is 3.13. The molecule has 78 valence electrons. The quantitative estimate of drug-likeness (QED) is 0.604. The minimum Gasteiger partial charge on any atom is -0.294 e. The molecule has 0 aliphatic rings. The number of carbonyl (C=O) groups excluding carboxylic acids is 1. The molecule has 0 amide bonds. The summed E-state index contributed by atoms with van der Waals surface area (Å²) in [6, 6.07) is 5.89. The molecule has 0 saturated heterocycles. The van der Waals surface area contributed by atoms with Crippen molar-refractivity contribution >= 4 is 54.7 Å². The van der Waals surface area contributed by atoms with E-state index in [1.54, 1.807) is 11.3 Å². The van der Waals surface area contributed by atoms with Crippen LogP contribution in [-0.2, 0) is 0 Å². The first-order chi connectivity index (χ1) is 7.24. The number of halogens is 2. The van der Waals surface area contributed by atoms with Crippen LogP contribution in [0.1, 0.15) is 16.8 Å². The van der Waals surface area contributed by atoms with Crippen LogP contribution < -0.4 is 0 Å². The first-order valence-corrected chi connectivity index (χ1v) is 6.69. The molecule has 0 spiro atoms. The van der Waals surface area contributed by atoms with Crippen LogP contribution in [0.2, 0.25) is 0 Å². The lowest BCUT2D eigenvalue weighted by Crippen LogP contribution is -1.97. The second-order valence-corrected chi connectivity index (χ2v) is 5.24. The highest BCUT2D eigenvalue weighted by Gasteiger charge is 2.12. The number of Topliss-reactive ketones (excluding diaryl/α,β-unsaturated/α-hetero) is 1. The molecule has 2 aromatic rings. The maximum absolute atomic E-state index is 11.7. The van der Waals surface area contributed by atoms with Crippen molar-refractivity contribution in [2.75, 3.05) is 5.88 Å². The Morgan fingerprint density at radius 1 is 1.47 bits per heavy atom. The van der Waals surface area contributed by atoms with E-state index in [-0.39, 0.29) is 5.78 Å². The number of alkyl halides is 1. The summed E-state index contributed by atoms with van der Waals surface area (Å²) in [7, 11) is 0. The van der Waals surface area contributed by atoms with Crippen molar-refractivity contribution in [2.45, 2.75) is 6.42 Å². The second kappa shape index (κ2) is 4.64. The van der Waals surface area contributed by atoms with Crippen LogP contribution in [0.15, 0.2) is 28.1 Å². The number of thiophene rings is 1. The fourth-order valence-corrected chi connectivity index (χ4v) is 3.26. The van der Waals surface area contributed by atoms with E-state index in [0.717, 1.165) is 20.1 Å². The van der Waals surface area contributed by atoms with E-state index in [4.69, 9.17) is 11.6 Å². The molecule has 1 aromatic carbocycles. The smallest absolute Gasteiger partial charge is 0.165 e. The molecule has 0 aliphatic carbocycles. The van der Waals surface area contributed by atoms with Crippen molar-refractivity contribution in [3.8, 4) is 0 Å². The summed E-state index contributed by atoms with van der Waals surface area (Å²) in [6.07, 6.45) is 0.403. The lowest BCUT2D eigenvalue weighted by Gasteiger charge is -1.97. The fraction of sp³-hybridized carbons (Fsp3) is 0.182. The lowest BCUT2D eigenvalue weighted by molar-refractivity contribution is 0.0991. The van der Waals surface area contributed by atoms with Gasteiger partial charge in [-0.3, -0.25) is 4.79 Å². The molecule has 0 radical (unpaired) electrons. The zero-order valence-corrected chi connectivity index (χ0v) is 11.0. The Morgan fingerprint density at radius 2 is 2.27 bits per heavy atom. The molecule has 2 rings (SSSR count). The van der Waals surface area contributed by atoms with Crippen molar-refractivity contribution in [1.29, 1.82) is 0 Å². The third kappa shape index (κ3) is 2.10. The van der Waals surface area contributed by atoms with E-state index in [1.807, 2.05) is 23.6 Å². The van der Waals surface area contributed by atoms with Crippen LogP contribution in [0, 0.1) is 0 Å². The van der Waals surface area contributed by atoms with Crippen molar-refractivity contribution in [3.05, 3.63) is 33.6 Å². The van der Waals surface area contributed by atoms with Crippen LogP contribution >= 0.6 is 38.9 Å². The Balaban J connectivity index is 2.54. The van der Waals surface area contributed by atoms with Crippen molar-refractivity contribution < 1.29 is 4.79 Å². The Bertz CT molecular complexity index is 506. The molecular formula is C11H8BrClOS. The Kier molecular flexibility index (Phi) is 3.44. The van der Waals surface area contributed by atoms with Gasteiger partial charge in [-0.05, 0) is 22.0 Å². The number of hydrogen-bond donors (Lipinski definition) is 0. The number of carbonyl (C=O) groups is 1. The van der Waals surface area contributed by atoms with Gasteiger partial charge in [0, 0.05) is 37.8 Å². The molecular weight excluding hydrogens is 296 g/mol. The average molecular weight is 304 g/mol. The van der Waals surface area contributed by atoms with Gasteiger partial charge < -0.3 is 0 Å². The topological polar surface area (TPSA) is 17.1 Å². The summed E-state index contributed by atoms with van der Waals surface area (Å²) >= 11 is 10.6. The van der Waals surface area contributed by atoms with E-state index >= 15 is 0 Å². The molecule has 0 fully saturated rings. The van der Waals surface area contributed by atoms with Crippen LogP contribution in [0.25, 0.3) is 10.1 Å². The number of ketones is 1. The van der Waals surface area contributed by atoms with Crippen molar-refractivity contribution in [3.63, 3.8) is 0 Å². The highest BCUT2D eigenvalue weighted by molar-refractivity contribution is 9.10. The van der Waals surface area contributed by atoms with Crippen LogP contribution in [0.5, 0.6) is 0 Å². The van der Waals surface area contributed by atoms with Gasteiger partial charge in [0.2, 0.25) is 0 Å². The van der Waals surface area contributed by atoms with Gasteiger partial charge in [-0.2, -0.15) is 0 Å². The van der Waals surface area contributed by atoms with Gasteiger partial charge in [-0.25, -0.2) is 0 Å². The number of rotatable bonds is 3. The fourth-order valence-electron chi connectivity index (χ4n) is 1.46. The third-order valence-corrected chi connectivity index (χ3v) is 4.32. The molecule has 0 aliphatic heterocycles. The molecule has 0 bridgehead atoms. The van der Waals surface area contributed by atoms with Crippen LogP contribution in [0.3, 0.4) is 0 Å². The first-order valence-electron chi connectivity index (χ1n) is 4.49. The van der Waals surface area contributed by atoms with Crippen molar-refractivity contribution in [1.82, 2.24) is 0 Å². The van der Waals surface area contributed by atoms with Crippen molar-refractivity contribution in [2.24, 2.45) is 0 Å². The van der Waals surface area contributed by atoms with E-state index in [2.05, 4.69) is 15.9 Å². The average Bonchev–Trinajstić information content (AvgIpc) is 2.63. The predicted molar refractivity (Wildman–Crippen MR) is 69.2 cm³/mol. The van der Waals surface area contributed by atoms with E-state index in [0.29, 0.717) is 12.3 Å². The van der Waals surface area contributed by atoms with Gasteiger partial charge in [0.25, 0.3) is 0 Å². The van der Waals surface area contributed by atoms with Crippen LogP contribution in [-0.4, -0.2) is 11.7 Å². The largest absolute Gasteiger partial charge is 0.294 e. The standard InChI is InChI=1S/C11H8BrClOS/c12-9-3-1-2-7-8(6-15-11(7)9)10(14)4-5-13/h1-3,6H,4-5H2. The highest BCUT2D eigenvalue weighted by Crippen LogP contribution is 2.32. The minimum atomic E-state index is 0.120. The van der Waals surface area contributed by atoms with E-state index in [9.17, 15) is 4.79 Å². The van der Waals surface area contributed by atoms with Crippen LogP contribution in [0.4, 0.5) is 0 Å². The van der Waals surface area contributed by atoms with Gasteiger partial charge in [-0.1, -0.05) is 12.1 Å². The minimum absolute atomic E-state index is 0.120. The normalized spacial score (nSPS) is 10.8. The lowest BCUT2D eigenvalue weighted by atomic mass is 10.1. The Hall–Kier alpha value is -0.380. The zero-order chi connectivity index (χ0) is 10.8. The summed E-state index contributed by atoms with van der Waals surface area (Å²) in [6.45, 7) is 0. The third-order valence-electron chi connectivity index (χ3n) is 2.17. The van der Waals surface area contributed by atoms with E-state index < -0.39 is 0 Å². The molecule has 1 heterocycles. The Morgan fingerprint density at radius 3 is 3.00 bits per heavy atom. The van der Waals surface area contributed by atoms with Gasteiger partial charge in [-0.15, -0.1) is 22.9 Å². The molecule has 0 unspecified atom stereocenters. The maximum Gasteiger partial charge on any atom is 0.165 e. The SMILES string of the molecule is O=C(CCCl)c1csc2c(Br)cccc12. The summed E-state index contributed by atoms with van der Waals surface area (Å²) in [5, 5.41) is 2.93.